The van der Waals surface area contributed by atoms with Crippen molar-refractivity contribution >= 4 is 58.2 Å². The van der Waals surface area contributed by atoms with E-state index in [0.717, 1.165) is 11.1 Å². The van der Waals surface area contributed by atoms with Gasteiger partial charge < -0.3 is 19.9 Å². The molecule has 3 atom stereocenters. The Hall–Kier alpha value is -1.91. The van der Waals surface area contributed by atoms with Crippen LogP contribution in [-0.2, 0) is 20.9 Å². The van der Waals surface area contributed by atoms with Crippen LogP contribution in [0.25, 0.3) is 0 Å². The summed E-state index contributed by atoms with van der Waals surface area (Å²) in [5.41, 5.74) is 2.95. The van der Waals surface area contributed by atoms with Gasteiger partial charge in [0.15, 0.2) is 11.4 Å². The molecule has 3 aromatic rings. The van der Waals surface area contributed by atoms with Gasteiger partial charge in [0.2, 0.25) is 0 Å². The maximum atomic E-state index is 12.1. The van der Waals surface area contributed by atoms with Gasteiger partial charge in [-0.3, -0.25) is 4.79 Å². The summed E-state index contributed by atoms with van der Waals surface area (Å²) in [6.45, 7) is -0.0272. The minimum atomic E-state index is -2.08. The molecule has 1 aromatic heterocycles. The molecule has 11 heteroatoms. The van der Waals surface area contributed by atoms with Crippen LogP contribution in [-0.4, -0.2) is 36.6 Å². The number of amides is 1. The molecular formula is C24H22Cl3N3O4S. The molecule has 1 amide bonds. The molecule has 2 aromatic carbocycles. The fourth-order valence-electron chi connectivity index (χ4n) is 3.52. The lowest BCUT2D eigenvalue weighted by atomic mass is 10.0. The van der Waals surface area contributed by atoms with E-state index >= 15 is 0 Å². The summed E-state index contributed by atoms with van der Waals surface area (Å²) in [5.74, 6) is -0.136. The van der Waals surface area contributed by atoms with Crippen LogP contribution in [0.1, 0.15) is 35.5 Å². The van der Waals surface area contributed by atoms with Crippen LogP contribution in [0.3, 0.4) is 0 Å². The highest BCUT2D eigenvalue weighted by molar-refractivity contribution is 7.99. The normalized spacial score (nSPS) is 20.4. The van der Waals surface area contributed by atoms with Crippen LogP contribution >= 0.6 is 46.6 Å². The molecule has 2 heterocycles. The highest BCUT2D eigenvalue weighted by atomic mass is 35.6. The van der Waals surface area contributed by atoms with Gasteiger partial charge >= 0.3 is 0 Å². The lowest BCUT2D eigenvalue weighted by molar-refractivity contribution is -0.245. The molecule has 1 saturated heterocycles. The second-order valence-electron chi connectivity index (χ2n) is 7.77. The summed E-state index contributed by atoms with van der Waals surface area (Å²) in [7, 11) is 0. The first-order valence-electron chi connectivity index (χ1n) is 10.7. The monoisotopic (exact) mass is 553 g/mol. The Balaban J connectivity index is 1.54. The van der Waals surface area contributed by atoms with Gasteiger partial charge in [0.1, 0.15) is 0 Å². The Labute approximate surface area is 222 Å². The van der Waals surface area contributed by atoms with Gasteiger partial charge in [-0.2, -0.15) is 0 Å². The first-order chi connectivity index (χ1) is 16.8. The van der Waals surface area contributed by atoms with E-state index < -0.39 is 16.0 Å². The fourth-order valence-corrected chi connectivity index (χ4v) is 4.48. The zero-order valence-electron chi connectivity index (χ0n) is 18.3. The van der Waals surface area contributed by atoms with E-state index in [2.05, 4.69) is 15.3 Å². The Bertz CT molecular complexity index is 1130. The van der Waals surface area contributed by atoms with Crippen LogP contribution in [0.15, 0.2) is 72.1 Å². The number of hydrogen-bond donors (Lipinski definition) is 2. The number of thioether (sulfide) groups is 1. The number of halogens is 3. The van der Waals surface area contributed by atoms with E-state index in [0.29, 0.717) is 28.6 Å². The van der Waals surface area contributed by atoms with Crippen LogP contribution in [0.2, 0.25) is 0 Å². The van der Waals surface area contributed by atoms with Crippen LogP contribution in [0, 0.1) is 0 Å². The molecule has 184 valence electrons. The van der Waals surface area contributed by atoms with E-state index in [1.54, 1.807) is 36.7 Å². The number of aliphatic hydroxyl groups excluding tert-OH is 1. The maximum absolute atomic E-state index is 12.1. The molecule has 0 saturated carbocycles. The first-order valence-corrected chi connectivity index (χ1v) is 12.8. The molecule has 0 spiro atoms. The Kier molecular flexibility index (Phi) is 8.88. The second kappa shape index (κ2) is 11.9. The maximum Gasteiger partial charge on any atom is 0.276 e. The lowest BCUT2D eigenvalue weighted by Gasteiger charge is -2.36. The van der Waals surface area contributed by atoms with Crippen molar-refractivity contribution in [1.29, 1.82) is 0 Å². The van der Waals surface area contributed by atoms with Crippen molar-refractivity contribution in [1.82, 2.24) is 9.97 Å². The minimum Gasteiger partial charge on any atom is -0.392 e. The van der Waals surface area contributed by atoms with Crippen molar-refractivity contribution in [3.05, 3.63) is 83.7 Å². The predicted molar refractivity (Wildman–Crippen MR) is 137 cm³/mol. The summed E-state index contributed by atoms with van der Waals surface area (Å²) in [5, 5.41) is 12.6. The number of nitrogens with one attached hydrogen (secondary N) is 1. The number of carbonyl (C=O) groups is 1. The number of carbonyl (C=O) groups excluding carboxylic acids is 1. The van der Waals surface area contributed by atoms with Gasteiger partial charge in [0.05, 0.1) is 18.8 Å². The number of benzene rings is 2. The van der Waals surface area contributed by atoms with Crippen molar-refractivity contribution in [3.8, 4) is 0 Å². The number of alkyl halides is 3. The molecule has 4 rings (SSSR count). The van der Waals surface area contributed by atoms with Gasteiger partial charge in [0.25, 0.3) is 9.70 Å². The summed E-state index contributed by atoms with van der Waals surface area (Å²) < 4.78 is 10.5. The van der Waals surface area contributed by atoms with E-state index in [4.69, 9.17) is 44.3 Å². The van der Waals surface area contributed by atoms with E-state index in [1.807, 2.05) is 30.3 Å². The number of ether oxygens (including phenoxy) is 2. The zero-order chi connectivity index (χ0) is 24.8. The largest absolute Gasteiger partial charge is 0.392 e. The smallest absolute Gasteiger partial charge is 0.276 e. The summed E-state index contributed by atoms with van der Waals surface area (Å²) >= 11 is 18.5. The molecule has 7 nitrogen and oxygen atoms in total. The van der Waals surface area contributed by atoms with Crippen LogP contribution in [0.4, 0.5) is 5.69 Å². The van der Waals surface area contributed by atoms with Crippen molar-refractivity contribution in [3.63, 3.8) is 0 Å². The number of anilines is 1. The lowest BCUT2D eigenvalue weighted by Crippen LogP contribution is -2.31. The number of nitrogens with zero attached hydrogens (tertiary/aromatic N) is 2. The third-order valence-electron chi connectivity index (χ3n) is 5.23. The fraction of sp³-hybridized carbons (Fsp3) is 0.292. The molecule has 0 bridgehead atoms. The molecule has 35 heavy (non-hydrogen) atoms. The molecule has 1 aliphatic heterocycles. The third-order valence-corrected chi connectivity index (χ3v) is 6.75. The van der Waals surface area contributed by atoms with Crippen LogP contribution < -0.4 is 5.32 Å². The molecule has 0 unspecified atom stereocenters. The number of aliphatic hydroxyl groups is 1. The predicted octanol–water partition coefficient (Wildman–Crippen LogP) is 5.62. The first kappa shape index (κ1) is 26.2. The molecule has 1 aliphatic rings. The minimum absolute atomic E-state index is 0.0272. The van der Waals surface area contributed by atoms with E-state index in [1.165, 1.54) is 11.8 Å². The second-order valence-corrected chi connectivity index (χ2v) is 11.0. The molecule has 1 fully saturated rings. The van der Waals surface area contributed by atoms with Gasteiger partial charge in [-0.05, 0) is 29.3 Å². The summed E-state index contributed by atoms with van der Waals surface area (Å²) in [6.07, 6.45) is 2.92. The number of rotatable bonds is 7. The van der Waals surface area contributed by atoms with Crippen molar-refractivity contribution in [2.75, 3.05) is 11.1 Å². The van der Waals surface area contributed by atoms with Crippen molar-refractivity contribution in [2.45, 2.75) is 40.5 Å². The Morgan fingerprint density at radius 2 is 1.80 bits per heavy atom. The molecule has 2 N–H and O–H groups in total. The Morgan fingerprint density at radius 1 is 1.06 bits per heavy atom. The standard InChI is InChI=1S/C24H22Cl3N3O4S/c25-24(26,27)22(32)30-18-4-1-3-17(11-18)21-33-19(14-35-23-28-9-2-10-29-23)12-20(34-21)16-7-5-15(13-31)6-8-16/h1-11,19-21,31H,12-14H2,(H,30,32)/t19-,20+,21+/m1/s1. The molecule has 0 radical (unpaired) electrons. The quantitative estimate of drug-likeness (QED) is 0.223. The van der Waals surface area contributed by atoms with Crippen LogP contribution in [0.5, 0.6) is 0 Å². The number of aromatic nitrogens is 2. The zero-order valence-corrected chi connectivity index (χ0v) is 21.4. The van der Waals surface area contributed by atoms with E-state index in [9.17, 15) is 9.90 Å². The van der Waals surface area contributed by atoms with Gasteiger partial charge in [-0.25, -0.2) is 9.97 Å². The summed E-state index contributed by atoms with van der Waals surface area (Å²) in [4.78, 5) is 20.6. The average Bonchev–Trinajstić information content (AvgIpc) is 2.87. The average molecular weight is 555 g/mol. The Morgan fingerprint density at radius 3 is 2.49 bits per heavy atom. The van der Waals surface area contributed by atoms with Gasteiger partial charge in [-0.1, -0.05) is 83.0 Å². The molecular weight excluding hydrogens is 533 g/mol. The summed E-state index contributed by atoms with van der Waals surface area (Å²) in [6, 6.07) is 16.4. The van der Waals surface area contributed by atoms with Crippen molar-refractivity contribution < 1.29 is 19.4 Å². The van der Waals surface area contributed by atoms with Gasteiger partial charge in [-0.15, -0.1) is 0 Å². The number of hydrogen-bond acceptors (Lipinski definition) is 7. The highest BCUT2D eigenvalue weighted by Crippen LogP contribution is 2.39. The topological polar surface area (TPSA) is 93.6 Å². The third kappa shape index (κ3) is 7.30. The van der Waals surface area contributed by atoms with Crippen molar-refractivity contribution in [2.24, 2.45) is 0 Å². The SMILES string of the molecule is O=C(Nc1cccc([C@H]2O[C@@H](CSc3ncccn3)C[C@@H](c3ccc(CO)cc3)O2)c1)C(Cl)(Cl)Cl. The highest BCUT2D eigenvalue weighted by Gasteiger charge is 2.33. The van der Waals surface area contributed by atoms with Gasteiger partial charge in [0, 0.05) is 35.8 Å². The van der Waals surface area contributed by atoms with E-state index in [-0.39, 0.29) is 18.8 Å². The molecule has 0 aliphatic carbocycles.